The van der Waals surface area contributed by atoms with Gasteiger partial charge in [-0.3, -0.25) is 0 Å². The molecule has 21 heavy (non-hydrogen) atoms. The fourth-order valence-corrected chi connectivity index (χ4v) is 1.99. The Morgan fingerprint density at radius 3 is 2.67 bits per heavy atom. The second-order valence-electron chi connectivity index (χ2n) is 4.82. The van der Waals surface area contributed by atoms with Gasteiger partial charge in [0.05, 0.1) is 13.2 Å². The Bertz CT molecular complexity index is 539. The number of nitrogens with two attached hydrogens (primary N) is 1. The molecule has 2 rings (SSSR count). The van der Waals surface area contributed by atoms with Gasteiger partial charge in [0.1, 0.15) is 5.75 Å². The first-order valence-corrected chi connectivity index (χ1v) is 6.93. The molecule has 1 unspecified atom stereocenters. The number of methoxy groups -OCH3 is 2. The van der Waals surface area contributed by atoms with Crippen molar-refractivity contribution < 1.29 is 14.0 Å². The summed E-state index contributed by atoms with van der Waals surface area (Å²) in [6, 6.07) is 7.54. The Kier molecular flexibility index (Phi) is 5.71. The third-order valence-corrected chi connectivity index (χ3v) is 3.19. The maximum atomic E-state index is 6.01. The van der Waals surface area contributed by atoms with Crippen molar-refractivity contribution >= 4 is 0 Å². The van der Waals surface area contributed by atoms with Gasteiger partial charge in [0.2, 0.25) is 5.89 Å². The highest BCUT2D eigenvalue weighted by Crippen LogP contribution is 2.16. The van der Waals surface area contributed by atoms with Gasteiger partial charge in [-0.05, 0) is 30.5 Å². The van der Waals surface area contributed by atoms with Gasteiger partial charge in [-0.1, -0.05) is 17.3 Å². The molecular weight excluding hydrogens is 270 g/mol. The van der Waals surface area contributed by atoms with Crippen LogP contribution in [0.1, 0.15) is 36.2 Å². The van der Waals surface area contributed by atoms with Crippen LogP contribution >= 0.6 is 0 Å². The summed E-state index contributed by atoms with van der Waals surface area (Å²) in [4.78, 5) is 4.35. The first kappa shape index (κ1) is 15.5. The van der Waals surface area contributed by atoms with Crippen LogP contribution in [0, 0.1) is 0 Å². The smallest absolute Gasteiger partial charge is 0.243 e. The van der Waals surface area contributed by atoms with Crippen molar-refractivity contribution in [2.75, 3.05) is 20.8 Å². The molecule has 2 aromatic rings. The minimum absolute atomic E-state index is 0.239. The van der Waals surface area contributed by atoms with Crippen LogP contribution in [-0.2, 0) is 11.2 Å². The van der Waals surface area contributed by atoms with E-state index in [0.29, 0.717) is 24.7 Å². The van der Waals surface area contributed by atoms with Crippen molar-refractivity contribution in [3.63, 3.8) is 0 Å². The second-order valence-corrected chi connectivity index (χ2v) is 4.82. The van der Waals surface area contributed by atoms with Crippen molar-refractivity contribution in [3.8, 4) is 5.75 Å². The van der Waals surface area contributed by atoms with Crippen LogP contribution in [0.2, 0.25) is 0 Å². The van der Waals surface area contributed by atoms with E-state index in [1.807, 2.05) is 24.3 Å². The molecule has 1 heterocycles. The molecular formula is C15H21N3O3. The van der Waals surface area contributed by atoms with E-state index in [0.717, 1.165) is 24.2 Å². The van der Waals surface area contributed by atoms with Crippen LogP contribution in [-0.4, -0.2) is 31.0 Å². The quantitative estimate of drug-likeness (QED) is 0.750. The van der Waals surface area contributed by atoms with Gasteiger partial charge in [0.25, 0.3) is 0 Å². The number of rotatable bonds is 8. The molecule has 0 spiro atoms. The van der Waals surface area contributed by atoms with E-state index in [-0.39, 0.29) is 6.04 Å². The summed E-state index contributed by atoms with van der Waals surface area (Å²) in [5.74, 6) is 1.94. The van der Waals surface area contributed by atoms with Crippen molar-refractivity contribution in [2.24, 2.45) is 5.73 Å². The van der Waals surface area contributed by atoms with Gasteiger partial charge in [-0.15, -0.1) is 0 Å². The second kappa shape index (κ2) is 7.75. The predicted octanol–water partition coefficient (Wildman–Crippen LogP) is 2.10. The van der Waals surface area contributed by atoms with Crippen LogP contribution in [0.25, 0.3) is 0 Å². The molecule has 6 heteroatoms. The molecule has 1 atom stereocenters. The normalized spacial score (nSPS) is 12.3. The van der Waals surface area contributed by atoms with Gasteiger partial charge in [-0.2, -0.15) is 4.98 Å². The first-order valence-electron chi connectivity index (χ1n) is 6.93. The zero-order valence-corrected chi connectivity index (χ0v) is 12.4. The summed E-state index contributed by atoms with van der Waals surface area (Å²) >= 11 is 0. The zero-order chi connectivity index (χ0) is 15.1. The molecule has 1 aromatic carbocycles. The van der Waals surface area contributed by atoms with E-state index in [4.69, 9.17) is 19.7 Å². The molecule has 0 amide bonds. The van der Waals surface area contributed by atoms with E-state index in [9.17, 15) is 0 Å². The van der Waals surface area contributed by atoms with Gasteiger partial charge < -0.3 is 19.7 Å². The summed E-state index contributed by atoms with van der Waals surface area (Å²) in [6.45, 7) is 0.681. The van der Waals surface area contributed by atoms with Gasteiger partial charge >= 0.3 is 0 Å². The van der Waals surface area contributed by atoms with E-state index < -0.39 is 0 Å². The Balaban J connectivity index is 1.92. The molecule has 0 bridgehead atoms. The minimum atomic E-state index is -0.239. The van der Waals surface area contributed by atoms with Gasteiger partial charge in [-0.25, -0.2) is 0 Å². The zero-order valence-electron chi connectivity index (χ0n) is 12.4. The number of hydrogen-bond donors (Lipinski definition) is 1. The lowest BCUT2D eigenvalue weighted by molar-refractivity contribution is 0.188. The molecule has 0 aliphatic heterocycles. The molecule has 1 aromatic heterocycles. The van der Waals surface area contributed by atoms with Crippen LogP contribution < -0.4 is 10.5 Å². The third-order valence-electron chi connectivity index (χ3n) is 3.19. The highest BCUT2D eigenvalue weighted by atomic mass is 16.5. The average Bonchev–Trinajstić information content (AvgIpc) is 2.97. The van der Waals surface area contributed by atoms with E-state index in [2.05, 4.69) is 10.1 Å². The molecule has 114 valence electrons. The Hall–Kier alpha value is -1.92. The number of hydrogen-bond acceptors (Lipinski definition) is 6. The fourth-order valence-electron chi connectivity index (χ4n) is 1.99. The topological polar surface area (TPSA) is 83.4 Å². The molecule has 2 N–H and O–H groups in total. The van der Waals surface area contributed by atoms with Gasteiger partial charge in [0.15, 0.2) is 5.82 Å². The van der Waals surface area contributed by atoms with E-state index in [1.165, 1.54) is 0 Å². The molecule has 0 saturated carbocycles. The number of ether oxygens (including phenoxy) is 2. The lowest BCUT2D eigenvalue weighted by Crippen LogP contribution is -2.11. The maximum Gasteiger partial charge on any atom is 0.243 e. The van der Waals surface area contributed by atoms with Crippen LogP contribution in [0.5, 0.6) is 5.75 Å². The van der Waals surface area contributed by atoms with Crippen molar-refractivity contribution in [1.82, 2.24) is 10.1 Å². The highest BCUT2D eigenvalue weighted by Gasteiger charge is 2.14. The molecule has 6 nitrogen and oxygen atoms in total. The molecule has 0 aliphatic carbocycles. The highest BCUT2D eigenvalue weighted by molar-refractivity contribution is 5.28. The van der Waals surface area contributed by atoms with Crippen molar-refractivity contribution in [1.29, 1.82) is 0 Å². The lowest BCUT2D eigenvalue weighted by atomic mass is 10.1. The summed E-state index contributed by atoms with van der Waals surface area (Å²) in [6.07, 6.45) is 2.24. The number of benzene rings is 1. The van der Waals surface area contributed by atoms with E-state index in [1.54, 1.807) is 14.2 Å². The lowest BCUT2D eigenvalue weighted by Gasteiger charge is -2.05. The van der Waals surface area contributed by atoms with E-state index >= 15 is 0 Å². The standard InChI is InChI=1S/C15H21N3O3/c1-19-9-3-4-13(16)15-17-14(18-21-15)10-11-5-7-12(20-2)8-6-11/h5-8,13H,3-4,9-10,16H2,1-2H3. The van der Waals surface area contributed by atoms with Crippen LogP contribution in [0.15, 0.2) is 28.8 Å². The first-order chi connectivity index (χ1) is 10.2. The summed E-state index contributed by atoms with van der Waals surface area (Å²) in [5.41, 5.74) is 7.11. The predicted molar refractivity (Wildman–Crippen MR) is 78.1 cm³/mol. The molecule has 0 radical (unpaired) electrons. The van der Waals surface area contributed by atoms with Crippen molar-refractivity contribution in [2.45, 2.75) is 25.3 Å². The summed E-state index contributed by atoms with van der Waals surface area (Å²) in [5, 5.41) is 3.97. The third kappa shape index (κ3) is 4.54. The monoisotopic (exact) mass is 291 g/mol. The number of nitrogens with zero attached hydrogens (tertiary/aromatic N) is 2. The Morgan fingerprint density at radius 1 is 1.24 bits per heavy atom. The van der Waals surface area contributed by atoms with Crippen molar-refractivity contribution in [3.05, 3.63) is 41.5 Å². The molecule has 0 fully saturated rings. The Morgan fingerprint density at radius 2 is 2.00 bits per heavy atom. The SMILES string of the molecule is COCCCC(N)c1nc(Cc2ccc(OC)cc2)no1. The van der Waals surface area contributed by atoms with Crippen LogP contribution in [0.4, 0.5) is 0 Å². The molecule has 0 saturated heterocycles. The summed E-state index contributed by atoms with van der Waals surface area (Å²) in [7, 11) is 3.32. The van der Waals surface area contributed by atoms with Crippen LogP contribution in [0.3, 0.4) is 0 Å². The minimum Gasteiger partial charge on any atom is -0.497 e. The molecule has 0 aliphatic rings. The maximum absolute atomic E-state index is 6.01. The largest absolute Gasteiger partial charge is 0.497 e. The number of aromatic nitrogens is 2. The fraction of sp³-hybridized carbons (Fsp3) is 0.467. The summed E-state index contributed by atoms with van der Waals surface area (Å²) < 4.78 is 15.3. The Labute approximate surface area is 124 Å². The average molecular weight is 291 g/mol. The van der Waals surface area contributed by atoms with Gasteiger partial charge in [0, 0.05) is 20.1 Å².